The first-order valence-corrected chi connectivity index (χ1v) is 8.61. The first-order valence-electron chi connectivity index (χ1n) is 8.61. The number of amides is 1. The second-order valence-corrected chi connectivity index (χ2v) is 6.35. The molecule has 1 aromatic carbocycles. The topological polar surface area (TPSA) is 123 Å². The average molecular weight is 399 g/mol. The Morgan fingerprint density at radius 1 is 1.28 bits per heavy atom. The number of halogens is 2. The molecular formula is C18H15F2N7O2. The van der Waals surface area contributed by atoms with Gasteiger partial charge in [-0.05, 0) is 46.2 Å². The van der Waals surface area contributed by atoms with Gasteiger partial charge < -0.3 is 15.7 Å². The number of hydrogen-bond acceptors (Lipinski definition) is 6. The van der Waals surface area contributed by atoms with E-state index in [-0.39, 0.29) is 23.9 Å². The fraction of sp³-hybridized carbons (Fsp3) is 0.167. The van der Waals surface area contributed by atoms with E-state index in [2.05, 4.69) is 20.5 Å². The van der Waals surface area contributed by atoms with Crippen molar-refractivity contribution in [2.75, 3.05) is 18.8 Å². The minimum Gasteiger partial charge on any atom is -0.465 e. The first-order chi connectivity index (χ1) is 14.0. The van der Waals surface area contributed by atoms with Gasteiger partial charge in [0.1, 0.15) is 11.5 Å². The van der Waals surface area contributed by atoms with Crippen LogP contribution in [0.25, 0.3) is 22.6 Å². The number of nitrogens with zero attached hydrogens (tertiary/aromatic N) is 6. The highest BCUT2D eigenvalue weighted by atomic mass is 19.2. The zero-order valence-electron chi connectivity index (χ0n) is 15.0. The number of pyridine rings is 1. The van der Waals surface area contributed by atoms with Crippen LogP contribution in [0, 0.1) is 11.6 Å². The molecule has 29 heavy (non-hydrogen) atoms. The number of nitrogens with two attached hydrogens (primary N) is 1. The molecule has 0 atom stereocenters. The average Bonchev–Trinajstić information content (AvgIpc) is 3.20. The lowest BCUT2D eigenvalue weighted by atomic mass is 9.99. The standard InChI is InChI=1S/C18H15F2N7O2/c19-13-2-1-3-14(15(13)20)27-17(23-24-25-27)12-8-11(9-22-16(12)21)10-4-6-26(7-5-10)18(28)29/h1-4,8-9H,5-7H2,(H2,21,22)(H,28,29). The SMILES string of the molecule is Nc1ncc(C2=CCN(C(=O)O)CC2)cc1-c1nnnn1-c1cccc(F)c1F. The van der Waals surface area contributed by atoms with Crippen molar-refractivity contribution in [1.29, 1.82) is 0 Å². The monoisotopic (exact) mass is 399 g/mol. The van der Waals surface area contributed by atoms with Gasteiger partial charge in [-0.15, -0.1) is 5.10 Å². The molecule has 0 saturated carbocycles. The highest BCUT2D eigenvalue weighted by Crippen LogP contribution is 2.30. The molecule has 3 N–H and O–H groups in total. The summed E-state index contributed by atoms with van der Waals surface area (Å²) in [6, 6.07) is 5.38. The summed E-state index contributed by atoms with van der Waals surface area (Å²) in [5.41, 5.74) is 7.79. The Balaban J connectivity index is 1.75. The number of rotatable bonds is 3. The van der Waals surface area contributed by atoms with E-state index in [9.17, 15) is 13.6 Å². The number of nitrogen functional groups attached to an aromatic ring is 1. The summed E-state index contributed by atoms with van der Waals surface area (Å²) < 4.78 is 28.9. The van der Waals surface area contributed by atoms with Crippen LogP contribution in [0.5, 0.6) is 0 Å². The lowest BCUT2D eigenvalue weighted by Gasteiger charge is -2.24. The summed E-state index contributed by atoms with van der Waals surface area (Å²) in [5, 5.41) is 20.3. The number of hydrogen-bond donors (Lipinski definition) is 2. The van der Waals surface area contributed by atoms with Gasteiger partial charge in [-0.25, -0.2) is 18.6 Å². The molecule has 0 fully saturated rings. The van der Waals surface area contributed by atoms with Gasteiger partial charge in [0.2, 0.25) is 0 Å². The summed E-state index contributed by atoms with van der Waals surface area (Å²) in [6.45, 7) is 0.615. The van der Waals surface area contributed by atoms with Crippen LogP contribution in [-0.2, 0) is 0 Å². The van der Waals surface area contributed by atoms with Gasteiger partial charge in [0, 0.05) is 19.3 Å². The van der Waals surface area contributed by atoms with Crippen molar-refractivity contribution in [2.45, 2.75) is 6.42 Å². The van der Waals surface area contributed by atoms with E-state index in [1.807, 2.05) is 0 Å². The highest BCUT2D eigenvalue weighted by Gasteiger charge is 2.21. The Bertz CT molecular complexity index is 1130. The van der Waals surface area contributed by atoms with Crippen LogP contribution in [0.1, 0.15) is 12.0 Å². The van der Waals surface area contributed by atoms with Crippen molar-refractivity contribution in [2.24, 2.45) is 0 Å². The maximum atomic E-state index is 14.2. The summed E-state index contributed by atoms with van der Waals surface area (Å²) in [4.78, 5) is 16.5. The van der Waals surface area contributed by atoms with E-state index >= 15 is 0 Å². The molecule has 1 amide bonds. The quantitative estimate of drug-likeness (QED) is 0.693. The third kappa shape index (κ3) is 3.37. The minimum atomic E-state index is -1.09. The Morgan fingerprint density at radius 2 is 2.10 bits per heavy atom. The van der Waals surface area contributed by atoms with Crippen LogP contribution in [0.15, 0.2) is 36.5 Å². The smallest absolute Gasteiger partial charge is 0.407 e. The zero-order valence-corrected chi connectivity index (χ0v) is 15.0. The lowest BCUT2D eigenvalue weighted by molar-refractivity contribution is 0.150. The molecule has 0 aliphatic carbocycles. The highest BCUT2D eigenvalue weighted by molar-refractivity contribution is 5.77. The predicted octanol–water partition coefficient (Wildman–Crippen LogP) is 2.35. The van der Waals surface area contributed by atoms with Gasteiger partial charge in [0.15, 0.2) is 17.5 Å². The predicted molar refractivity (Wildman–Crippen MR) is 98.9 cm³/mol. The van der Waals surface area contributed by atoms with Crippen LogP contribution < -0.4 is 5.73 Å². The van der Waals surface area contributed by atoms with Crippen molar-refractivity contribution >= 4 is 17.5 Å². The fourth-order valence-corrected chi connectivity index (χ4v) is 3.11. The van der Waals surface area contributed by atoms with Crippen LogP contribution >= 0.6 is 0 Å². The minimum absolute atomic E-state index is 0.102. The van der Waals surface area contributed by atoms with Crippen molar-refractivity contribution in [3.63, 3.8) is 0 Å². The van der Waals surface area contributed by atoms with E-state index in [4.69, 9.17) is 10.8 Å². The van der Waals surface area contributed by atoms with E-state index in [0.29, 0.717) is 24.1 Å². The Labute approximate surface area is 163 Å². The van der Waals surface area contributed by atoms with Gasteiger partial charge in [-0.1, -0.05) is 12.1 Å². The molecule has 148 valence electrons. The second kappa shape index (κ2) is 7.26. The Kier molecular flexibility index (Phi) is 4.63. The van der Waals surface area contributed by atoms with Crippen LogP contribution in [0.4, 0.5) is 19.4 Å². The van der Waals surface area contributed by atoms with Crippen molar-refractivity contribution in [3.05, 3.63) is 53.7 Å². The lowest BCUT2D eigenvalue weighted by Crippen LogP contribution is -2.33. The largest absolute Gasteiger partial charge is 0.465 e. The first kappa shape index (κ1) is 18.5. The number of aromatic nitrogens is 5. The molecule has 0 saturated heterocycles. The maximum absolute atomic E-state index is 14.2. The number of anilines is 1. The number of carbonyl (C=O) groups is 1. The third-order valence-electron chi connectivity index (χ3n) is 4.64. The van der Waals surface area contributed by atoms with Crippen LogP contribution in [0.2, 0.25) is 0 Å². The summed E-state index contributed by atoms with van der Waals surface area (Å²) in [7, 11) is 0. The van der Waals surface area contributed by atoms with Crippen molar-refractivity contribution < 1.29 is 18.7 Å². The molecule has 1 aliphatic rings. The molecular weight excluding hydrogens is 384 g/mol. The van der Waals surface area contributed by atoms with Crippen LogP contribution in [0.3, 0.4) is 0 Å². The van der Waals surface area contributed by atoms with Gasteiger partial charge >= 0.3 is 6.09 Å². The second-order valence-electron chi connectivity index (χ2n) is 6.35. The van der Waals surface area contributed by atoms with Crippen LogP contribution in [-0.4, -0.2) is 54.4 Å². The molecule has 0 bridgehead atoms. The molecule has 1 aliphatic heterocycles. The Hall–Kier alpha value is -3.89. The third-order valence-corrected chi connectivity index (χ3v) is 4.64. The zero-order chi connectivity index (χ0) is 20.5. The van der Waals surface area contributed by atoms with E-state index < -0.39 is 17.7 Å². The number of benzene rings is 1. The molecule has 3 heterocycles. The fourth-order valence-electron chi connectivity index (χ4n) is 3.11. The molecule has 2 aromatic heterocycles. The van der Waals surface area contributed by atoms with Gasteiger partial charge in [-0.3, -0.25) is 0 Å². The van der Waals surface area contributed by atoms with Gasteiger partial charge in [0.25, 0.3) is 0 Å². The molecule has 0 unspecified atom stereocenters. The maximum Gasteiger partial charge on any atom is 0.407 e. The molecule has 11 heteroatoms. The molecule has 0 spiro atoms. The summed E-state index contributed by atoms with van der Waals surface area (Å²) in [6.07, 6.45) is 2.88. The molecule has 3 aromatic rings. The van der Waals surface area contributed by atoms with E-state index in [1.165, 1.54) is 17.0 Å². The Morgan fingerprint density at radius 3 is 2.83 bits per heavy atom. The van der Waals surface area contributed by atoms with Crippen molar-refractivity contribution in [3.8, 4) is 17.1 Å². The molecule has 4 rings (SSSR count). The molecule has 9 nitrogen and oxygen atoms in total. The summed E-state index contributed by atoms with van der Waals surface area (Å²) >= 11 is 0. The van der Waals surface area contributed by atoms with Gasteiger partial charge in [0.05, 0.1) is 5.56 Å². The normalized spacial score (nSPS) is 14.0. The molecule has 0 radical (unpaired) electrons. The summed E-state index contributed by atoms with van der Waals surface area (Å²) in [5.74, 6) is -1.90. The number of carboxylic acid groups (broad SMARTS) is 1. The van der Waals surface area contributed by atoms with Gasteiger partial charge in [-0.2, -0.15) is 4.68 Å². The number of tetrazole rings is 1. The van der Waals surface area contributed by atoms with E-state index in [0.717, 1.165) is 16.3 Å². The van der Waals surface area contributed by atoms with E-state index in [1.54, 1.807) is 18.3 Å². The van der Waals surface area contributed by atoms with Crippen molar-refractivity contribution in [1.82, 2.24) is 30.1 Å².